The van der Waals surface area contributed by atoms with Crippen LogP contribution in [0, 0.1) is 5.92 Å². The predicted molar refractivity (Wildman–Crippen MR) is 67.4 cm³/mol. The molecule has 1 rings (SSSR count). The van der Waals surface area contributed by atoms with E-state index in [0.717, 1.165) is 11.6 Å². The smallest absolute Gasteiger partial charge is 0.332 e. The van der Waals surface area contributed by atoms with Gasteiger partial charge in [0.15, 0.2) is 0 Å². The van der Waals surface area contributed by atoms with Crippen LogP contribution in [0.4, 0.5) is 0 Å². The van der Waals surface area contributed by atoms with Crippen molar-refractivity contribution >= 4 is 11.9 Å². The van der Waals surface area contributed by atoms with Crippen molar-refractivity contribution in [2.75, 3.05) is 0 Å². The highest BCUT2D eigenvalue weighted by molar-refractivity contribution is 5.96. The molecule has 1 aromatic carbocycles. The van der Waals surface area contributed by atoms with Gasteiger partial charge in [0.25, 0.3) is 0 Å². The summed E-state index contributed by atoms with van der Waals surface area (Å²) >= 11 is 0. The van der Waals surface area contributed by atoms with Gasteiger partial charge in [-0.15, -0.1) is 0 Å². The second-order valence-corrected chi connectivity index (χ2v) is 4.38. The van der Waals surface area contributed by atoms with E-state index in [1.807, 2.05) is 44.2 Å². The number of aliphatic carboxylic acids is 2. The maximum atomic E-state index is 11.2. The molecule has 0 radical (unpaired) electrons. The minimum absolute atomic E-state index is 0.00546. The molecule has 0 aliphatic carbocycles. The van der Waals surface area contributed by atoms with Crippen LogP contribution in [0.2, 0.25) is 0 Å². The fraction of sp³-hybridized carbons (Fsp3) is 0.286. The van der Waals surface area contributed by atoms with Crippen LogP contribution >= 0.6 is 0 Å². The van der Waals surface area contributed by atoms with E-state index in [0.29, 0.717) is 0 Å². The second-order valence-electron chi connectivity index (χ2n) is 4.38. The SMILES string of the molecule is CC(C)C(/C(=C/C(=O)O)C(=O)O)c1ccccc1. The van der Waals surface area contributed by atoms with Gasteiger partial charge in [0.2, 0.25) is 0 Å². The molecular formula is C14H16O4. The lowest BCUT2D eigenvalue weighted by molar-refractivity contribution is -0.135. The number of hydrogen-bond acceptors (Lipinski definition) is 2. The Hall–Kier alpha value is -2.10. The van der Waals surface area contributed by atoms with Crippen molar-refractivity contribution in [3.8, 4) is 0 Å². The normalized spacial score (nSPS) is 13.4. The summed E-state index contributed by atoms with van der Waals surface area (Å²) in [6.45, 7) is 3.74. The molecule has 0 aliphatic heterocycles. The standard InChI is InChI=1S/C14H16O4/c1-9(2)13(10-6-4-3-5-7-10)11(14(17)18)8-12(15)16/h3-9,13H,1-2H3,(H,15,16)(H,17,18)/b11-8-. The lowest BCUT2D eigenvalue weighted by atomic mass is 9.82. The van der Waals surface area contributed by atoms with E-state index < -0.39 is 17.9 Å². The van der Waals surface area contributed by atoms with Crippen LogP contribution in [0.3, 0.4) is 0 Å². The van der Waals surface area contributed by atoms with Crippen molar-refractivity contribution in [3.05, 3.63) is 47.5 Å². The first-order valence-electron chi connectivity index (χ1n) is 5.66. The third kappa shape index (κ3) is 3.45. The quantitative estimate of drug-likeness (QED) is 0.785. The van der Waals surface area contributed by atoms with E-state index in [1.54, 1.807) is 0 Å². The Morgan fingerprint density at radius 2 is 1.67 bits per heavy atom. The highest BCUT2D eigenvalue weighted by Crippen LogP contribution is 2.31. The molecule has 0 heterocycles. The van der Waals surface area contributed by atoms with Gasteiger partial charge in [-0.1, -0.05) is 44.2 Å². The molecule has 0 amide bonds. The van der Waals surface area contributed by atoms with Crippen molar-refractivity contribution in [1.82, 2.24) is 0 Å². The van der Waals surface area contributed by atoms with Gasteiger partial charge in [-0.3, -0.25) is 0 Å². The molecule has 0 aliphatic rings. The predicted octanol–water partition coefficient (Wildman–Crippen LogP) is 2.52. The number of hydrogen-bond donors (Lipinski definition) is 2. The van der Waals surface area contributed by atoms with Crippen LogP contribution in [-0.4, -0.2) is 22.2 Å². The average Bonchev–Trinajstić information content (AvgIpc) is 2.28. The third-order valence-corrected chi connectivity index (χ3v) is 2.69. The van der Waals surface area contributed by atoms with E-state index in [9.17, 15) is 14.7 Å². The van der Waals surface area contributed by atoms with Gasteiger partial charge in [-0.25, -0.2) is 9.59 Å². The van der Waals surface area contributed by atoms with E-state index in [4.69, 9.17) is 5.11 Å². The highest BCUT2D eigenvalue weighted by atomic mass is 16.4. The van der Waals surface area contributed by atoms with E-state index >= 15 is 0 Å². The van der Waals surface area contributed by atoms with Crippen molar-refractivity contribution in [1.29, 1.82) is 0 Å². The molecule has 0 saturated heterocycles. The number of benzene rings is 1. The van der Waals surface area contributed by atoms with Crippen LogP contribution in [-0.2, 0) is 9.59 Å². The zero-order valence-corrected chi connectivity index (χ0v) is 10.3. The molecule has 1 unspecified atom stereocenters. The first-order chi connectivity index (χ1) is 8.43. The summed E-state index contributed by atoms with van der Waals surface area (Å²) in [5.74, 6) is -2.87. The second kappa shape index (κ2) is 6.00. The van der Waals surface area contributed by atoms with Gasteiger partial charge in [0.1, 0.15) is 0 Å². The largest absolute Gasteiger partial charge is 0.478 e. The van der Waals surface area contributed by atoms with E-state index in [-0.39, 0.29) is 11.5 Å². The molecule has 0 aromatic heterocycles. The van der Waals surface area contributed by atoms with E-state index in [1.165, 1.54) is 0 Å². The van der Waals surface area contributed by atoms with Gasteiger partial charge in [0, 0.05) is 12.0 Å². The maximum absolute atomic E-state index is 11.2. The lowest BCUT2D eigenvalue weighted by Gasteiger charge is -2.21. The first-order valence-corrected chi connectivity index (χ1v) is 5.66. The minimum atomic E-state index is -1.24. The van der Waals surface area contributed by atoms with Gasteiger partial charge in [-0.05, 0) is 11.5 Å². The zero-order chi connectivity index (χ0) is 13.7. The summed E-state index contributed by atoms with van der Waals surface area (Å²) in [5, 5.41) is 17.9. The summed E-state index contributed by atoms with van der Waals surface area (Å²) in [6.07, 6.45) is 0.778. The zero-order valence-electron chi connectivity index (χ0n) is 10.3. The van der Waals surface area contributed by atoms with Crippen LogP contribution in [0.5, 0.6) is 0 Å². The van der Waals surface area contributed by atoms with Crippen LogP contribution in [0.15, 0.2) is 42.0 Å². The molecule has 96 valence electrons. The molecular weight excluding hydrogens is 232 g/mol. The molecule has 4 heteroatoms. The van der Waals surface area contributed by atoms with Crippen molar-refractivity contribution < 1.29 is 19.8 Å². The summed E-state index contributed by atoms with van der Waals surface area (Å²) in [6, 6.07) is 9.07. The molecule has 0 saturated carbocycles. The fourth-order valence-corrected chi connectivity index (χ4v) is 2.00. The molecule has 18 heavy (non-hydrogen) atoms. The van der Waals surface area contributed by atoms with Gasteiger partial charge < -0.3 is 10.2 Å². The first kappa shape index (κ1) is 14.0. The molecule has 0 fully saturated rings. The minimum Gasteiger partial charge on any atom is -0.478 e. The Kier molecular flexibility index (Phi) is 4.66. The Morgan fingerprint density at radius 1 is 1.11 bits per heavy atom. The maximum Gasteiger partial charge on any atom is 0.332 e. The topological polar surface area (TPSA) is 74.6 Å². The van der Waals surface area contributed by atoms with Crippen molar-refractivity contribution in [2.45, 2.75) is 19.8 Å². The molecule has 4 nitrogen and oxygen atoms in total. The fourth-order valence-electron chi connectivity index (χ4n) is 2.00. The molecule has 0 spiro atoms. The van der Waals surface area contributed by atoms with Crippen molar-refractivity contribution in [3.63, 3.8) is 0 Å². The Morgan fingerprint density at radius 3 is 2.06 bits per heavy atom. The van der Waals surface area contributed by atoms with Crippen molar-refractivity contribution in [2.24, 2.45) is 5.92 Å². The summed E-state index contributed by atoms with van der Waals surface area (Å²) in [7, 11) is 0. The Labute approximate surface area is 106 Å². The Balaban J connectivity index is 3.27. The van der Waals surface area contributed by atoms with E-state index in [2.05, 4.69) is 0 Å². The molecule has 1 atom stereocenters. The van der Waals surface area contributed by atoms with Gasteiger partial charge in [0.05, 0.1) is 5.57 Å². The Bertz CT molecular complexity index is 460. The van der Waals surface area contributed by atoms with Gasteiger partial charge in [-0.2, -0.15) is 0 Å². The molecule has 0 bridgehead atoms. The molecule has 1 aromatic rings. The summed E-state index contributed by atoms with van der Waals surface area (Å²) < 4.78 is 0. The summed E-state index contributed by atoms with van der Waals surface area (Å²) in [5.41, 5.74) is 0.714. The number of rotatable bonds is 5. The monoisotopic (exact) mass is 248 g/mol. The average molecular weight is 248 g/mol. The number of carbonyl (C=O) groups is 2. The lowest BCUT2D eigenvalue weighted by Crippen LogP contribution is -2.17. The van der Waals surface area contributed by atoms with Crippen LogP contribution in [0.1, 0.15) is 25.3 Å². The summed E-state index contributed by atoms with van der Waals surface area (Å²) in [4.78, 5) is 22.0. The van der Waals surface area contributed by atoms with Crippen LogP contribution < -0.4 is 0 Å². The van der Waals surface area contributed by atoms with Crippen LogP contribution in [0.25, 0.3) is 0 Å². The highest BCUT2D eigenvalue weighted by Gasteiger charge is 2.26. The number of carboxylic acid groups (broad SMARTS) is 2. The third-order valence-electron chi connectivity index (χ3n) is 2.69. The number of carboxylic acids is 2. The van der Waals surface area contributed by atoms with Gasteiger partial charge >= 0.3 is 11.9 Å². The molecule has 2 N–H and O–H groups in total.